The number of carbonyl (C=O) groups excluding carboxylic acids is 1. The van der Waals surface area contributed by atoms with E-state index in [2.05, 4.69) is 4.98 Å². The minimum Gasteiger partial charge on any atom is -0.444 e. The molecule has 1 aromatic heterocycles. The number of hydrogen-bond donors (Lipinski definition) is 0. The van der Waals surface area contributed by atoms with E-state index in [1.807, 2.05) is 27.7 Å². The van der Waals surface area contributed by atoms with E-state index in [4.69, 9.17) is 9.47 Å². The normalized spacial score (nSPS) is 14.8. The highest BCUT2D eigenvalue weighted by Gasteiger charge is 2.30. The zero-order valence-corrected chi connectivity index (χ0v) is 18.8. The van der Waals surface area contributed by atoms with Crippen LogP contribution in [-0.4, -0.2) is 45.9 Å². The van der Waals surface area contributed by atoms with E-state index >= 15 is 0 Å². The number of aromatic nitrogens is 2. The number of benzene rings is 1. The van der Waals surface area contributed by atoms with Crippen molar-refractivity contribution in [2.24, 2.45) is 0 Å². The van der Waals surface area contributed by atoms with Gasteiger partial charge in [0.2, 0.25) is 0 Å². The summed E-state index contributed by atoms with van der Waals surface area (Å²) in [6.45, 7) is 10.5. The molecule has 0 saturated carbocycles. The average molecular weight is 432 g/mol. The molecule has 0 spiro atoms. The Hall–Kier alpha value is -2.74. The van der Waals surface area contributed by atoms with E-state index in [1.165, 1.54) is 12.1 Å². The first-order valence-corrected chi connectivity index (χ1v) is 10.5. The first-order chi connectivity index (χ1) is 14.6. The van der Waals surface area contributed by atoms with E-state index in [0.29, 0.717) is 36.7 Å². The fourth-order valence-corrected chi connectivity index (χ4v) is 3.70. The van der Waals surface area contributed by atoms with Crippen LogP contribution in [0.3, 0.4) is 0 Å². The summed E-state index contributed by atoms with van der Waals surface area (Å²) in [4.78, 5) is 32.1. The van der Waals surface area contributed by atoms with Crippen LogP contribution in [0.25, 0.3) is 0 Å². The highest BCUT2D eigenvalue weighted by atomic mass is 19.1. The topological polar surface area (TPSA) is 73.7 Å². The van der Waals surface area contributed by atoms with E-state index in [1.54, 1.807) is 28.5 Å². The lowest BCUT2D eigenvalue weighted by atomic mass is 10.0. The second-order valence-electron chi connectivity index (χ2n) is 8.64. The van der Waals surface area contributed by atoms with Gasteiger partial charge < -0.3 is 14.4 Å². The van der Waals surface area contributed by atoms with Crippen LogP contribution in [0.15, 0.2) is 29.1 Å². The first kappa shape index (κ1) is 22.9. The van der Waals surface area contributed by atoms with Crippen molar-refractivity contribution >= 4 is 6.09 Å². The largest absolute Gasteiger partial charge is 0.444 e. The van der Waals surface area contributed by atoms with Crippen LogP contribution in [0.5, 0.6) is 0 Å². The molecule has 8 heteroatoms. The summed E-state index contributed by atoms with van der Waals surface area (Å²) < 4.78 is 26.1. The molecule has 1 aliphatic heterocycles. The SMILES string of the molecule is CCOCC(c1ccc(F)cc1)n1c(C)nc2c(c1=O)CCN(C(=O)OC(C)(C)C)C2. The van der Waals surface area contributed by atoms with Crippen LogP contribution >= 0.6 is 0 Å². The summed E-state index contributed by atoms with van der Waals surface area (Å²) in [7, 11) is 0. The average Bonchev–Trinajstić information content (AvgIpc) is 2.69. The Balaban J connectivity index is 1.96. The maximum absolute atomic E-state index is 13.4. The molecule has 3 rings (SSSR count). The molecule has 168 valence electrons. The summed E-state index contributed by atoms with van der Waals surface area (Å²) >= 11 is 0. The first-order valence-electron chi connectivity index (χ1n) is 10.5. The predicted octanol–water partition coefficient (Wildman–Crippen LogP) is 3.61. The molecule has 0 saturated heterocycles. The number of amides is 1. The number of rotatable bonds is 5. The maximum atomic E-state index is 13.4. The van der Waals surface area contributed by atoms with Crippen LogP contribution in [0, 0.1) is 12.7 Å². The van der Waals surface area contributed by atoms with Gasteiger partial charge in [0.15, 0.2) is 0 Å². The van der Waals surface area contributed by atoms with Crippen LogP contribution in [0.4, 0.5) is 9.18 Å². The molecule has 2 aromatic rings. The molecule has 1 aliphatic rings. The predicted molar refractivity (Wildman–Crippen MR) is 115 cm³/mol. The Morgan fingerprint density at radius 3 is 2.55 bits per heavy atom. The molecule has 1 atom stereocenters. The van der Waals surface area contributed by atoms with Gasteiger partial charge in [0.25, 0.3) is 5.56 Å². The molecule has 1 aromatic carbocycles. The third-order valence-electron chi connectivity index (χ3n) is 5.14. The van der Waals surface area contributed by atoms with Gasteiger partial charge in [-0.1, -0.05) is 12.1 Å². The molecule has 0 fully saturated rings. The Bertz CT molecular complexity index is 996. The number of hydrogen-bond acceptors (Lipinski definition) is 5. The fraction of sp³-hybridized carbons (Fsp3) is 0.522. The van der Waals surface area contributed by atoms with Crippen molar-refractivity contribution in [2.45, 2.75) is 59.2 Å². The Labute approximate surface area is 181 Å². The van der Waals surface area contributed by atoms with Crippen molar-refractivity contribution in [2.75, 3.05) is 19.8 Å². The van der Waals surface area contributed by atoms with Crippen LogP contribution < -0.4 is 5.56 Å². The number of nitrogens with zero attached hydrogens (tertiary/aromatic N) is 3. The monoisotopic (exact) mass is 431 g/mol. The van der Waals surface area contributed by atoms with Crippen molar-refractivity contribution in [3.05, 3.63) is 63.1 Å². The minimum absolute atomic E-state index is 0.152. The van der Waals surface area contributed by atoms with Gasteiger partial charge in [-0.25, -0.2) is 14.2 Å². The molecule has 1 unspecified atom stereocenters. The van der Waals surface area contributed by atoms with E-state index < -0.39 is 17.7 Å². The summed E-state index contributed by atoms with van der Waals surface area (Å²) in [6, 6.07) is 5.65. The highest BCUT2D eigenvalue weighted by molar-refractivity contribution is 5.68. The van der Waals surface area contributed by atoms with Gasteiger partial charge in [0.05, 0.1) is 24.9 Å². The quantitative estimate of drug-likeness (QED) is 0.723. The van der Waals surface area contributed by atoms with E-state index in [0.717, 1.165) is 5.56 Å². The minimum atomic E-state index is -0.592. The zero-order valence-electron chi connectivity index (χ0n) is 18.8. The number of carbonyl (C=O) groups is 1. The van der Waals surface area contributed by atoms with Crippen molar-refractivity contribution in [1.82, 2.24) is 14.5 Å². The van der Waals surface area contributed by atoms with E-state index in [9.17, 15) is 14.0 Å². The molecule has 7 nitrogen and oxygen atoms in total. The summed E-state index contributed by atoms with van der Waals surface area (Å²) in [5.74, 6) is 0.178. The maximum Gasteiger partial charge on any atom is 0.410 e. The molecule has 31 heavy (non-hydrogen) atoms. The summed E-state index contributed by atoms with van der Waals surface area (Å²) in [5, 5.41) is 0. The van der Waals surface area contributed by atoms with Crippen molar-refractivity contribution in [3.8, 4) is 0 Å². The van der Waals surface area contributed by atoms with E-state index in [-0.39, 0.29) is 24.5 Å². The molecule has 0 radical (unpaired) electrons. The molecular weight excluding hydrogens is 401 g/mol. The Morgan fingerprint density at radius 1 is 1.26 bits per heavy atom. The standard InChI is InChI=1S/C23H30FN3O4/c1-6-30-14-20(16-7-9-17(24)10-8-16)27-15(2)25-19-13-26(12-11-18(19)21(27)28)22(29)31-23(3,4)5/h7-10,20H,6,11-14H2,1-5H3. The summed E-state index contributed by atoms with van der Waals surface area (Å²) in [6.07, 6.45) is -0.0202. The van der Waals surface area contributed by atoms with Crippen molar-refractivity contribution in [3.63, 3.8) is 0 Å². The Morgan fingerprint density at radius 2 is 1.94 bits per heavy atom. The van der Waals surface area contributed by atoms with Gasteiger partial charge in [-0.15, -0.1) is 0 Å². The van der Waals surface area contributed by atoms with Gasteiger partial charge in [-0.05, 0) is 58.7 Å². The lowest BCUT2D eigenvalue weighted by molar-refractivity contribution is 0.0219. The lowest BCUT2D eigenvalue weighted by Gasteiger charge is -2.31. The number of ether oxygens (including phenoxy) is 2. The fourth-order valence-electron chi connectivity index (χ4n) is 3.70. The highest BCUT2D eigenvalue weighted by Crippen LogP contribution is 2.23. The second-order valence-corrected chi connectivity index (χ2v) is 8.64. The molecule has 0 bridgehead atoms. The van der Waals surface area contributed by atoms with Gasteiger partial charge >= 0.3 is 6.09 Å². The van der Waals surface area contributed by atoms with Crippen LogP contribution in [0.1, 0.15) is 56.4 Å². The third-order valence-corrected chi connectivity index (χ3v) is 5.14. The van der Waals surface area contributed by atoms with Gasteiger partial charge in [-0.3, -0.25) is 9.36 Å². The molecular formula is C23H30FN3O4. The number of halogens is 1. The molecule has 0 aliphatic carbocycles. The number of fused-ring (bicyclic) bond motifs is 1. The van der Waals surface area contributed by atoms with Crippen LogP contribution in [-0.2, 0) is 22.4 Å². The second kappa shape index (κ2) is 9.18. The molecule has 1 amide bonds. The van der Waals surface area contributed by atoms with Crippen molar-refractivity contribution < 1.29 is 18.7 Å². The molecule has 2 heterocycles. The van der Waals surface area contributed by atoms with Crippen LogP contribution in [0.2, 0.25) is 0 Å². The van der Waals surface area contributed by atoms with Gasteiger partial charge in [0.1, 0.15) is 17.2 Å². The lowest BCUT2D eigenvalue weighted by Crippen LogP contribution is -2.44. The number of aryl methyl sites for hydroxylation is 1. The third kappa shape index (κ3) is 5.31. The van der Waals surface area contributed by atoms with Gasteiger partial charge in [0, 0.05) is 18.7 Å². The molecule has 0 N–H and O–H groups in total. The summed E-state index contributed by atoms with van der Waals surface area (Å²) in [5.41, 5.74) is 1.21. The smallest absolute Gasteiger partial charge is 0.410 e. The Kier molecular flexibility index (Phi) is 6.79. The zero-order chi connectivity index (χ0) is 22.8. The van der Waals surface area contributed by atoms with Crippen molar-refractivity contribution in [1.29, 1.82) is 0 Å². The van der Waals surface area contributed by atoms with Gasteiger partial charge in [-0.2, -0.15) is 0 Å².